The monoisotopic (exact) mass is 726 g/mol. The highest BCUT2D eigenvalue weighted by Crippen LogP contribution is 2.30. The van der Waals surface area contributed by atoms with Crippen LogP contribution in [0.2, 0.25) is 0 Å². The number of amides is 3. The molecule has 4 atom stereocenters. The summed E-state index contributed by atoms with van der Waals surface area (Å²) < 4.78 is 0. The van der Waals surface area contributed by atoms with Crippen LogP contribution in [-0.4, -0.2) is 92.6 Å². The molecule has 4 rings (SSSR count). The van der Waals surface area contributed by atoms with Gasteiger partial charge in [0, 0.05) is 56.7 Å². The molecule has 2 fully saturated rings. The van der Waals surface area contributed by atoms with Crippen LogP contribution in [0.15, 0.2) is 29.8 Å². The highest BCUT2D eigenvalue weighted by molar-refractivity contribution is 7.13. The fraction of sp³-hybridized carbons (Fsp3) is 0.718. The Balaban J connectivity index is 1.52. The topological polar surface area (TPSA) is 162 Å². The molecule has 3 amide bonds. The van der Waals surface area contributed by atoms with E-state index in [-0.39, 0.29) is 43.0 Å². The van der Waals surface area contributed by atoms with Gasteiger partial charge in [0.05, 0.1) is 30.3 Å². The number of nitrogen functional groups attached to an aromatic ring is 1. The quantitative estimate of drug-likeness (QED) is 0.157. The van der Waals surface area contributed by atoms with Crippen LogP contribution in [0.3, 0.4) is 0 Å². The number of hydrogen-bond acceptors (Lipinski definition) is 9. The number of aliphatic hydroxyl groups excluding tert-OH is 2. The highest BCUT2D eigenvalue weighted by Gasteiger charge is 2.35. The lowest BCUT2D eigenvalue weighted by Gasteiger charge is -2.34. The summed E-state index contributed by atoms with van der Waals surface area (Å²) in [6.07, 6.45) is 12.2. The van der Waals surface area contributed by atoms with Crippen molar-refractivity contribution in [2.75, 3.05) is 32.4 Å². The number of nitrogens with one attached hydrogen (secondary N) is 1. The number of thiazole rings is 1. The largest absolute Gasteiger partial charge is 0.390 e. The Hall–Kier alpha value is -3.09. The van der Waals surface area contributed by atoms with E-state index in [1.807, 2.05) is 32.0 Å². The third kappa shape index (κ3) is 13.8. The van der Waals surface area contributed by atoms with Gasteiger partial charge in [0.2, 0.25) is 17.7 Å². The number of hydrogen-bond donors (Lipinski definition) is 4. The lowest BCUT2D eigenvalue weighted by atomic mass is 9.82. The van der Waals surface area contributed by atoms with Gasteiger partial charge in [0.25, 0.3) is 0 Å². The van der Waals surface area contributed by atoms with Gasteiger partial charge in [0.15, 0.2) is 5.13 Å². The summed E-state index contributed by atoms with van der Waals surface area (Å²) in [5.41, 5.74) is 7.47. The molecule has 0 spiro atoms. The first-order valence-electron chi connectivity index (χ1n) is 19.3. The lowest BCUT2D eigenvalue weighted by molar-refractivity contribution is -0.142. The summed E-state index contributed by atoms with van der Waals surface area (Å²) in [6, 6.07) is 5.07. The molecule has 2 saturated carbocycles. The molecule has 2 aromatic rings. The first-order valence-corrected chi connectivity index (χ1v) is 20.1. The fourth-order valence-corrected chi connectivity index (χ4v) is 8.27. The molecule has 284 valence electrons. The zero-order valence-electron chi connectivity index (χ0n) is 31.0. The van der Waals surface area contributed by atoms with Gasteiger partial charge in [-0.1, -0.05) is 71.3 Å². The number of aliphatic hydroxyl groups is 2. The van der Waals surface area contributed by atoms with Gasteiger partial charge in [-0.05, 0) is 55.6 Å². The SMILES string of the molecule is CC(C)C[C@H](O)[C@H](O)[C@H](CC1CCCCC1)NC(=O)C(CC(=O)N(CC(=O)N(C)CCc1ccccn1)CC1CCCCC1)Cc1csc(N)n1. The van der Waals surface area contributed by atoms with Crippen molar-refractivity contribution in [2.24, 2.45) is 23.7 Å². The molecular formula is C39H62N6O5S. The molecule has 2 aliphatic carbocycles. The molecule has 1 unspecified atom stereocenters. The second-order valence-corrected chi connectivity index (χ2v) is 16.4. The number of likely N-dealkylation sites (N-methyl/N-ethyl adjacent to an activating group) is 1. The third-order valence-corrected chi connectivity index (χ3v) is 11.4. The van der Waals surface area contributed by atoms with Gasteiger partial charge >= 0.3 is 0 Å². The third-order valence-electron chi connectivity index (χ3n) is 10.7. The normalized spacial score (nSPS) is 18.2. The Morgan fingerprint density at radius 3 is 2.27 bits per heavy atom. The molecule has 12 heteroatoms. The van der Waals surface area contributed by atoms with Crippen molar-refractivity contribution in [3.63, 3.8) is 0 Å². The molecule has 0 bridgehead atoms. The smallest absolute Gasteiger partial charge is 0.241 e. The molecule has 2 aromatic heterocycles. The van der Waals surface area contributed by atoms with E-state index in [0.29, 0.717) is 55.0 Å². The Morgan fingerprint density at radius 1 is 0.980 bits per heavy atom. The Bertz CT molecular complexity index is 1350. The average Bonchev–Trinajstić information content (AvgIpc) is 3.54. The summed E-state index contributed by atoms with van der Waals surface area (Å²) in [5.74, 6) is -0.741. The Kier molecular flexibility index (Phi) is 16.6. The molecule has 11 nitrogen and oxygen atoms in total. The Morgan fingerprint density at radius 2 is 1.67 bits per heavy atom. The van der Waals surface area contributed by atoms with Crippen LogP contribution in [0, 0.1) is 23.7 Å². The number of rotatable bonds is 19. The number of anilines is 1. The highest BCUT2D eigenvalue weighted by atomic mass is 32.1. The van der Waals surface area contributed by atoms with E-state index >= 15 is 0 Å². The predicted molar refractivity (Wildman–Crippen MR) is 202 cm³/mol. The van der Waals surface area contributed by atoms with Gasteiger partial charge in [-0.3, -0.25) is 19.4 Å². The molecule has 0 aromatic carbocycles. The number of carbonyl (C=O) groups excluding carboxylic acids is 3. The Labute approximate surface area is 308 Å². The second-order valence-electron chi connectivity index (χ2n) is 15.5. The van der Waals surface area contributed by atoms with Crippen LogP contribution in [0.1, 0.15) is 109 Å². The van der Waals surface area contributed by atoms with Crippen LogP contribution < -0.4 is 11.1 Å². The number of carbonyl (C=O) groups is 3. The van der Waals surface area contributed by atoms with E-state index < -0.39 is 24.2 Å². The minimum absolute atomic E-state index is 0.0591. The van der Waals surface area contributed by atoms with E-state index in [2.05, 4.69) is 15.3 Å². The van der Waals surface area contributed by atoms with Crippen molar-refractivity contribution >= 4 is 34.2 Å². The van der Waals surface area contributed by atoms with Crippen molar-refractivity contribution in [3.8, 4) is 0 Å². The summed E-state index contributed by atoms with van der Waals surface area (Å²) >= 11 is 1.28. The van der Waals surface area contributed by atoms with Gasteiger partial charge in [-0.15, -0.1) is 11.3 Å². The van der Waals surface area contributed by atoms with Crippen LogP contribution >= 0.6 is 11.3 Å². The molecule has 0 saturated heterocycles. The van der Waals surface area contributed by atoms with E-state index in [9.17, 15) is 24.6 Å². The number of pyridine rings is 1. The van der Waals surface area contributed by atoms with Crippen molar-refractivity contribution in [3.05, 3.63) is 41.2 Å². The minimum atomic E-state index is -1.13. The summed E-state index contributed by atoms with van der Waals surface area (Å²) in [4.78, 5) is 54.1. The molecule has 2 aliphatic rings. The van der Waals surface area contributed by atoms with Crippen molar-refractivity contribution in [1.29, 1.82) is 0 Å². The molecule has 5 N–H and O–H groups in total. The molecule has 2 heterocycles. The van der Waals surface area contributed by atoms with Crippen LogP contribution in [-0.2, 0) is 27.2 Å². The zero-order valence-corrected chi connectivity index (χ0v) is 31.9. The van der Waals surface area contributed by atoms with Crippen LogP contribution in [0.5, 0.6) is 0 Å². The standard InChI is InChI=1S/C39H62N6O5S/c1-27(2)20-34(46)37(49)33(21-28-12-6-4-7-13-28)43-38(50)30(22-32-26-51-39(40)42-32)23-35(47)45(24-29-14-8-5-9-15-29)25-36(48)44(3)19-17-31-16-10-11-18-41-31/h10-11,16,18,26-30,33-34,37,46,49H,4-9,12-15,17,19-25H2,1-3H3,(H2,40,42)(H,43,50)/t30?,33-,34-,37+/m0/s1. The fourth-order valence-electron chi connectivity index (χ4n) is 7.70. The van der Waals surface area contributed by atoms with Gasteiger partial charge in [-0.25, -0.2) is 4.98 Å². The van der Waals surface area contributed by atoms with E-state index in [1.54, 1.807) is 28.4 Å². The number of aromatic nitrogens is 2. The molecule has 51 heavy (non-hydrogen) atoms. The van der Waals surface area contributed by atoms with Gasteiger partial charge in [-0.2, -0.15) is 0 Å². The maximum absolute atomic E-state index is 14.3. The first-order chi connectivity index (χ1) is 24.5. The van der Waals surface area contributed by atoms with E-state index in [4.69, 9.17) is 5.73 Å². The lowest BCUT2D eigenvalue weighted by Crippen LogP contribution is -2.52. The van der Waals surface area contributed by atoms with Crippen LogP contribution in [0.4, 0.5) is 5.13 Å². The van der Waals surface area contributed by atoms with E-state index in [1.165, 1.54) is 24.2 Å². The molecule has 0 radical (unpaired) electrons. The van der Waals surface area contributed by atoms with Crippen molar-refractivity contribution < 1.29 is 24.6 Å². The first kappa shape index (κ1) is 40.7. The van der Waals surface area contributed by atoms with Gasteiger partial charge in [0.1, 0.15) is 6.10 Å². The summed E-state index contributed by atoms with van der Waals surface area (Å²) in [7, 11) is 1.75. The number of nitrogens with zero attached hydrogens (tertiary/aromatic N) is 4. The average molecular weight is 727 g/mol. The maximum atomic E-state index is 14.3. The van der Waals surface area contributed by atoms with Gasteiger partial charge < -0.3 is 31.1 Å². The van der Waals surface area contributed by atoms with E-state index in [0.717, 1.165) is 57.1 Å². The number of nitrogens with two attached hydrogens (primary N) is 1. The molecular weight excluding hydrogens is 665 g/mol. The summed E-state index contributed by atoms with van der Waals surface area (Å²) in [6.45, 7) is 4.88. The zero-order chi connectivity index (χ0) is 36.8. The minimum Gasteiger partial charge on any atom is -0.390 e. The maximum Gasteiger partial charge on any atom is 0.241 e. The van der Waals surface area contributed by atoms with Crippen LogP contribution in [0.25, 0.3) is 0 Å². The van der Waals surface area contributed by atoms with Crippen molar-refractivity contribution in [1.82, 2.24) is 25.1 Å². The van der Waals surface area contributed by atoms with Crippen molar-refractivity contribution in [2.45, 2.75) is 128 Å². The summed E-state index contributed by atoms with van der Waals surface area (Å²) in [5, 5.41) is 27.6. The molecule has 0 aliphatic heterocycles. The second kappa shape index (κ2) is 20.8. The predicted octanol–water partition coefficient (Wildman–Crippen LogP) is 5.00.